The molecule has 0 aliphatic carbocycles. The van der Waals surface area contributed by atoms with Crippen molar-refractivity contribution in [2.75, 3.05) is 6.61 Å². The second-order valence-corrected chi connectivity index (χ2v) is 8.43. The van der Waals surface area contributed by atoms with Gasteiger partial charge in [-0.1, -0.05) is 23.3 Å². The molecule has 1 unspecified atom stereocenters. The van der Waals surface area contributed by atoms with Crippen LogP contribution in [0.2, 0.25) is 0 Å². The largest absolute Gasteiger partial charge is 0.481 e. The lowest BCUT2D eigenvalue weighted by molar-refractivity contribution is -0.119. The minimum atomic E-state index is -5.10. The maximum atomic E-state index is 11.7. The SMILES string of the molecule is CC(C)=CCCC(=O)CCC/C(C)=C/COP(=O)(O)OP(=O)(O)O. The van der Waals surface area contributed by atoms with E-state index < -0.39 is 15.6 Å². The number of allylic oxidation sites excluding steroid dienone is 3. The van der Waals surface area contributed by atoms with E-state index in [0.29, 0.717) is 25.7 Å². The maximum absolute atomic E-state index is 11.7. The predicted octanol–water partition coefficient (Wildman–Crippen LogP) is 3.64. The lowest BCUT2D eigenvalue weighted by Gasteiger charge is -2.11. The predicted molar refractivity (Wildman–Crippen MR) is 90.2 cm³/mol. The van der Waals surface area contributed by atoms with Gasteiger partial charge in [-0.3, -0.25) is 9.32 Å². The van der Waals surface area contributed by atoms with Crippen LogP contribution in [-0.4, -0.2) is 27.1 Å². The quantitative estimate of drug-likeness (QED) is 0.343. The van der Waals surface area contributed by atoms with E-state index in [1.165, 1.54) is 11.6 Å². The number of ketones is 1. The molecular formula is C14H26O8P2. The summed E-state index contributed by atoms with van der Waals surface area (Å²) in [5.74, 6) is 0.187. The molecule has 0 aromatic carbocycles. The molecule has 0 spiro atoms. The highest BCUT2D eigenvalue weighted by molar-refractivity contribution is 7.60. The van der Waals surface area contributed by atoms with Gasteiger partial charge in [-0.15, -0.1) is 0 Å². The van der Waals surface area contributed by atoms with Gasteiger partial charge in [0.1, 0.15) is 5.78 Å². The van der Waals surface area contributed by atoms with Crippen molar-refractivity contribution in [2.24, 2.45) is 0 Å². The minimum absolute atomic E-state index is 0.187. The molecule has 0 aromatic rings. The Bertz CT molecular complexity index is 557. The Morgan fingerprint density at radius 3 is 2.17 bits per heavy atom. The molecule has 0 saturated heterocycles. The topological polar surface area (TPSA) is 130 Å². The fraction of sp³-hybridized carbons (Fsp3) is 0.643. The van der Waals surface area contributed by atoms with E-state index in [2.05, 4.69) is 8.83 Å². The van der Waals surface area contributed by atoms with Crippen LogP contribution in [-0.2, 0) is 22.8 Å². The van der Waals surface area contributed by atoms with E-state index >= 15 is 0 Å². The molecule has 3 N–H and O–H groups in total. The fourth-order valence-electron chi connectivity index (χ4n) is 1.74. The van der Waals surface area contributed by atoms with Crippen LogP contribution in [0.25, 0.3) is 0 Å². The summed E-state index contributed by atoms with van der Waals surface area (Å²) in [6.45, 7) is 5.41. The van der Waals surface area contributed by atoms with Crippen LogP contribution in [0.3, 0.4) is 0 Å². The molecule has 24 heavy (non-hydrogen) atoms. The Morgan fingerprint density at radius 1 is 1.00 bits per heavy atom. The summed E-state index contributed by atoms with van der Waals surface area (Å²) in [7, 11) is -9.90. The lowest BCUT2D eigenvalue weighted by Crippen LogP contribution is -1.98. The summed E-state index contributed by atoms with van der Waals surface area (Å²) >= 11 is 0. The fourth-order valence-corrected chi connectivity index (χ4v) is 3.27. The van der Waals surface area contributed by atoms with Crippen molar-refractivity contribution in [2.45, 2.75) is 52.9 Å². The Kier molecular flexibility index (Phi) is 10.8. The maximum Gasteiger partial charge on any atom is 0.481 e. The molecule has 0 fully saturated rings. The van der Waals surface area contributed by atoms with Gasteiger partial charge in [-0.2, -0.15) is 4.31 Å². The molecule has 1 atom stereocenters. The zero-order valence-electron chi connectivity index (χ0n) is 14.2. The molecule has 0 rings (SSSR count). The molecular weight excluding hydrogens is 358 g/mol. The van der Waals surface area contributed by atoms with Crippen molar-refractivity contribution < 1.29 is 37.4 Å². The number of phosphoric acid groups is 2. The molecule has 0 saturated carbocycles. The van der Waals surface area contributed by atoms with Gasteiger partial charge in [0.25, 0.3) is 0 Å². The van der Waals surface area contributed by atoms with Crippen molar-refractivity contribution in [1.82, 2.24) is 0 Å². The summed E-state index contributed by atoms with van der Waals surface area (Å²) in [6.07, 6.45) is 6.52. The molecule has 0 heterocycles. The van der Waals surface area contributed by atoms with Crippen molar-refractivity contribution in [3.63, 3.8) is 0 Å². The van der Waals surface area contributed by atoms with E-state index in [1.807, 2.05) is 19.9 Å². The normalized spacial score (nSPS) is 15.0. The van der Waals surface area contributed by atoms with Crippen LogP contribution < -0.4 is 0 Å². The molecule has 140 valence electrons. The van der Waals surface area contributed by atoms with Gasteiger partial charge in [-0.25, -0.2) is 9.13 Å². The first kappa shape index (κ1) is 23.4. The Hall–Kier alpha value is -0.590. The number of hydrogen-bond acceptors (Lipinski definition) is 5. The summed E-state index contributed by atoms with van der Waals surface area (Å²) in [5.41, 5.74) is 2.02. The first-order valence-electron chi connectivity index (χ1n) is 7.46. The summed E-state index contributed by atoms with van der Waals surface area (Å²) in [4.78, 5) is 37.6. The van der Waals surface area contributed by atoms with Gasteiger partial charge in [0, 0.05) is 12.8 Å². The molecule has 0 aliphatic heterocycles. The second kappa shape index (κ2) is 11.1. The van der Waals surface area contributed by atoms with Gasteiger partial charge in [0.2, 0.25) is 0 Å². The van der Waals surface area contributed by atoms with Crippen LogP contribution in [0.1, 0.15) is 52.9 Å². The Balaban J connectivity index is 4.04. The van der Waals surface area contributed by atoms with E-state index in [-0.39, 0.29) is 12.4 Å². The minimum Gasteiger partial charge on any atom is -0.302 e. The monoisotopic (exact) mass is 384 g/mol. The van der Waals surface area contributed by atoms with Crippen molar-refractivity contribution >= 4 is 21.4 Å². The molecule has 0 amide bonds. The van der Waals surface area contributed by atoms with Gasteiger partial charge in [0.15, 0.2) is 0 Å². The third kappa shape index (κ3) is 15.0. The molecule has 0 aromatic heterocycles. The highest BCUT2D eigenvalue weighted by Gasteiger charge is 2.31. The van der Waals surface area contributed by atoms with Gasteiger partial charge >= 0.3 is 15.6 Å². The number of carbonyl (C=O) groups excluding carboxylic acids is 1. The Morgan fingerprint density at radius 2 is 1.62 bits per heavy atom. The molecule has 8 nitrogen and oxygen atoms in total. The van der Waals surface area contributed by atoms with Crippen molar-refractivity contribution in [3.8, 4) is 0 Å². The van der Waals surface area contributed by atoms with E-state index in [4.69, 9.17) is 14.7 Å². The van der Waals surface area contributed by atoms with Crippen molar-refractivity contribution in [3.05, 3.63) is 23.3 Å². The van der Waals surface area contributed by atoms with Crippen LogP contribution in [0.4, 0.5) is 0 Å². The third-order valence-electron chi connectivity index (χ3n) is 2.88. The third-order valence-corrected chi connectivity index (χ3v) is 5.03. The second-order valence-electron chi connectivity index (χ2n) is 5.60. The lowest BCUT2D eigenvalue weighted by atomic mass is 10.0. The molecule has 0 aliphatic rings. The first-order valence-corrected chi connectivity index (χ1v) is 10.5. The van der Waals surface area contributed by atoms with Gasteiger partial charge in [0.05, 0.1) is 6.61 Å². The van der Waals surface area contributed by atoms with E-state index in [0.717, 1.165) is 12.0 Å². The number of carbonyl (C=O) groups is 1. The van der Waals surface area contributed by atoms with Crippen molar-refractivity contribution in [1.29, 1.82) is 0 Å². The van der Waals surface area contributed by atoms with Crippen LogP contribution in [0, 0.1) is 0 Å². The Labute approximate surface area is 142 Å². The van der Waals surface area contributed by atoms with E-state index in [1.54, 1.807) is 6.92 Å². The molecule has 0 radical (unpaired) electrons. The van der Waals surface area contributed by atoms with E-state index in [9.17, 15) is 13.9 Å². The van der Waals surface area contributed by atoms with Gasteiger partial charge in [-0.05, 0) is 40.0 Å². The van der Waals surface area contributed by atoms with Crippen LogP contribution in [0.5, 0.6) is 0 Å². The zero-order valence-corrected chi connectivity index (χ0v) is 16.0. The number of hydrogen-bond donors (Lipinski definition) is 3. The summed E-state index contributed by atoms with van der Waals surface area (Å²) in [5, 5.41) is 0. The average molecular weight is 384 g/mol. The number of phosphoric ester groups is 1. The highest BCUT2D eigenvalue weighted by atomic mass is 31.3. The zero-order chi connectivity index (χ0) is 18.8. The van der Waals surface area contributed by atoms with Gasteiger partial charge < -0.3 is 14.7 Å². The average Bonchev–Trinajstić information content (AvgIpc) is 2.34. The smallest absolute Gasteiger partial charge is 0.302 e. The number of Topliss-reactive ketones (excluding diaryl/α,β-unsaturated/α-hetero) is 1. The molecule has 10 heteroatoms. The standard InChI is InChI=1S/C14H26O8P2/c1-12(2)6-4-8-14(15)9-5-7-13(3)10-11-21-24(19,20)22-23(16,17)18/h6,10H,4-5,7-9,11H2,1-3H3,(H,19,20)(H2,16,17,18)/b13-10+. The summed E-state index contributed by atoms with van der Waals surface area (Å²) < 4.78 is 29.8. The first-order chi connectivity index (χ1) is 10.9. The molecule has 0 bridgehead atoms. The number of rotatable bonds is 12. The van der Waals surface area contributed by atoms with Crippen LogP contribution >= 0.6 is 15.6 Å². The highest BCUT2D eigenvalue weighted by Crippen LogP contribution is 2.57. The summed E-state index contributed by atoms with van der Waals surface area (Å²) in [6, 6.07) is 0. The van der Waals surface area contributed by atoms with Crippen LogP contribution in [0.15, 0.2) is 23.3 Å².